The number of aliphatic hydroxyl groups excluding tert-OH is 1. The Morgan fingerprint density at radius 1 is 1.17 bits per heavy atom. The Morgan fingerprint density at radius 3 is 2.43 bits per heavy atom. The van der Waals surface area contributed by atoms with Crippen molar-refractivity contribution in [2.45, 2.75) is 46.6 Å². The summed E-state index contributed by atoms with van der Waals surface area (Å²) in [5.74, 6) is 0.723. The third kappa shape index (κ3) is 4.42. The number of ether oxygens (including phenoxy) is 1. The van der Waals surface area contributed by atoms with E-state index in [2.05, 4.69) is 13.8 Å². The highest BCUT2D eigenvalue weighted by molar-refractivity contribution is 6.46. The van der Waals surface area contributed by atoms with Gasteiger partial charge in [-0.15, -0.1) is 0 Å². The van der Waals surface area contributed by atoms with Crippen LogP contribution in [0.4, 0.5) is 0 Å². The molecular formula is C24H29NO5. The molecular weight excluding hydrogens is 382 g/mol. The summed E-state index contributed by atoms with van der Waals surface area (Å²) >= 11 is 0. The van der Waals surface area contributed by atoms with Crippen LogP contribution in [0.2, 0.25) is 0 Å². The zero-order chi connectivity index (χ0) is 21.8. The molecule has 1 N–H and O–H groups in total. The molecule has 1 aliphatic heterocycles. The van der Waals surface area contributed by atoms with Crippen molar-refractivity contribution in [2.75, 3.05) is 13.2 Å². The van der Waals surface area contributed by atoms with Gasteiger partial charge in [0.1, 0.15) is 29.1 Å². The predicted octanol–water partition coefficient (Wildman–Crippen LogP) is 4.84. The van der Waals surface area contributed by atoms with Gasteiger partial charge in [-0.2, -0.15) is 0 Å². The highest BCUT2D eigenvalue weighted by Crippen LogP contribution is 2.40. The lowest BCUT2D eigenvalue weighted by Crippen LogP contribution is -2.30. The molecule has 2 heterocycles. The first-order valence-electron chi connectivity index (χ1n) is 10.4. The molecule has 0 saturated carbocycles. The number of benzene rings is 1. The molecule has 1 aromatic heterocycles. The van der Waals surface area contributed by atoms with E-state index in [1.165, 1.54) is 4.90 Å². The second-order valence-electron chi connectivity index (χ2n) is 8.02. The van der Waals surface area contributed by atoms with Crippen molar-refractivity contribution in [3.05, 3.63) is 59.1 Å². The van der Waals surface area contributed by atoms with Gasteiger partial charge in [0.05, 0.1) is 12.2 Å². The van der Waals surface area contributed by atoms with Crippen molar-refractivity contribution in [3.8, 4) is 5.75 Å². The van der Waals surface area contributed by atoms with Gasteiger partial charge >= 0.3 is 0 Å². The predicted molar refractivity (Wildman–Crippen MR) is 114 cm³/mol. The molecule has 0 radical (unpaired) electrons. The van der Waals surface area contributed by atoms with Crippen LogP contribution >= 0.6 is 0 Å². The minimum atomic E-state index is -0.734. The van der Waals surface area contributed by atoms with Gasteiger partial charge < -0.3 is 19.2 Å². The summed E-state index contributed by atoms with van der Waals surface area (Å²) in [5.41, 5.74) is 0.509. The van der Waals surface area contributed by atoms with Crippen molar-refractivity contribution >= 4 is 17.4 Å². The van der Waals surface area contributed by atoms with E-state index in [1.807, 2.05) is 6.92 Å². The molecule has 1 fully saturated rings. The van der Waals surface area contributed by atoms with Gasteiger partial charge in [-0.3, -0.25) is 9.59 Å². The Morgan fingerprint density at radius 2 is 1.87 bits per heavy atom. The second-order valence-corrected chi connectivity index (χ2v) is 8.02. The molecule has 1 saturated heterocycles. The van der Waals surface area contributed by atoms with E-state index in [0.29, 0.717) is 41.9 Å². The Balaban J connectivity index is 2.00. The standard InChI is InChI=1S/C24H29NO5/c1-5-6-13-25-21(19-12-7-16(4)30-19)20(23(27)24(25)28)22(26)17-8-10-18(11-9-17)29-14-15(2)3/h7-12,15,21,26H,5-6,13-14H2,1-4H3/b22-20-. The fourth-order valence-electron chi connectivity index (χ4n) is 3.46. The molecule has 160 valence electrons. The minimum Gasteiger partial charge on any atom is -0.507 e. The van der Waals surface area contributed by atoms with Crippen LogP contribution in [0.5, 0.6) is 5.75 Å². The molecule has 3 rings (SSSR count). The molecule has 1 unspecified atom stereocenters. The van der Waals surface area contributed by atoms with Crippen LogP contribution in [-0.4, -0.2) is 34.8 Å². The summed E-state index contributed by atoms with van der Waals surface area (Å²) in [4.78, 5) is 27.1. The van der Waals surface area contributed by atoms with Crippen molar-refractivity contribution in [3.63, 3.8) is 0 Å². The molecule has 1 aromatic carbocycles. The van der Waals surface area contributed by atoms with Gasteiger partial charge in [0.15, 0.2) is 0 Å². The van der Waals surface area contributed by atoms with Gasteiger partial charge in [0, 0.05) is 12.1 Å². The van der Waals surface area contributed by atoms with Crippen molar-refractivity contribution in [1.82, 2.24) is 4.90 Å². The first-order valence-corrected chi connectivity index (χ1v) is 10.4. The highest BCUT2D eigenvalue weighted by atomic mass is 16.5. The number of rotatable bonds is 8. The lowest BCUT2D eigenvalue weighted by Gasteiger charge is -2.23. The van der Waals surface area contributed by atoms with Gasteiger partial charge in [0.25, 0.3) is 11.7 Å². The number of hydrogen-bond donors (Lipinski definition) is 1. The first kappa shape index (κ1) is 21.7. The maximum absolute atomic E-state index is 12.9. The van der Waals surface area contributed by atoms with E-state index >= 15 is 0 Å². The molecule has 6 nitrogen and oxygen atoms in total. The largest absolute Gasteiger partial charge is 0.507 e. The molecule has 1 amide bonds. The van der Waals surface area contributed by atoms with E-state index < -0.39 is 17.7 Å². The molecule has 30 heavy (non-hydrogen) atoms. The third-order valence-corrected chi connectivity index (χ3v) is 5.03. The van der Waals surface area contributed by atoms with Crippen molar-refractivity contribution in [1.29, 1.82) is 0 Å². The average molecular weight is 411 g/mol. The molecule has 0 bridgehead atoms. The van der Waals surface area contributed by atoms with E-state index in [0.717, 1.165) is 12.8 Å². The van der Waals surface area contributed by atoms with Crippen LogP contribution in [0.3, 0.4) is 0 Å². The number of aliphatic hydroxyl groups is 1. The normalized spacial score (nSPS) is 18.4. The monoisotopic (exact) mass is 411 g/mol. The Kier molecular flexibility index (Phi) is 6.65. The fourth-order valence-corrected chi connectivity index (χ4v) is 3.46. The van der Waals surface area contributed by atoms with Crippen molar-refractivity contribution < 1.29 is 23.8 Å². The van der Waals surface area contributed by atoms with Gasteiger partial charge in [-0.1, -0.05) is 27.2 Å². The fraction of sp³-hybridized carbons (Fsp3) is 0.417. The zero-order valence-electron chi connectivity index (χ0n) is 18.0. The first-order chi connectivity index (χ1) is 14.3. The summed E-state index contributed by atoms with van der Waals surface area (Å²) < 4.78 is 11.4. The number of carbonyl (C=O) groups excluding carboxylic acids is 2. The third-order valence-electron chi connectivity index (χ3n) is 5.03. The van der Waals surface area contributed by atoms with Gasteiger partial charge in [0.2, 0.25) is 0 Å². The van der Waals surface area contributed by atoms with Crippen LogP contribution < -0.4 is 4.74 Å². The quantitative estimate of drug-likeness (QED) is 0.382. The lowest BCUT2D eigenvalue weighted by atomic mass is 9.99. The summed E-state index contributed by atoms with van der Waals surface area (Å²) in [6.45, 7) is 8.96. The summed E-state index contributed by atoms with van der Waals surface area (Å²) in [7, 11) is 0. The Labute approximate surface area is 177 Å². The van der Waals surface area contributed by atoms with Crippen LogP contribution in [-0.2, 0) is 9.59 Å². The van der Waals surface area contributed by atoms with E-state index in [1.54, 1.807) is 43.3 Å². The summed E-state index contributed by atoms with van der Waals surface area (Å²) in [6, 6.07) is 9.68. The minimum absolute atomic E-state index is 0.0568. The SMILES string of the molecule is CCCCN1C(=O)C(=O)/C(=C(\O)c2ccc(OCC(C)C)cc2)C1c1ccc(C)o1. The molecule has 2 aromatic rings. The number of Topliss-reactive ketones (excluding diaryl/α,β-unsaturated/α-hetero) is 1. The number of ketones is 1. The van der Waals surface area contributed by atoms with Gasteiger partial charge in [-0.25, -0.2) is 0 Å². The topological polar surface area (TPSA) is 80.0 Å². The lowest BCUT2D eigenvalue weighted by molar-refractivity contribution is -0.140. The van der Waals surface area contributed by atoms with Gasteiger partial charge in [-0.05, 0) is 55.7 Å². The molecule has 1 aliphatic rings. The molecule has 1 atom stereocenters. The number of hydrogen-bond acceptors (Lipinski definition) is 5. The maximum Gasteiger partial charge on any atom is 0.295 e. The Bertz CT molecular complexity index is 939. The van der Waals surface area contributed by atoms with Crippen molar-refractivity contribution in [2.24, 2.45) is 5.92 Å². The number of nitrogens with zero attached hydrogens (tertiary/aromatic N) is 1. The number of carbonyl (C=O) groups is 2. The molecule has 0 spiro atoms. The highest BCUT2D eigenvalue weighted by Gasteiger charge is 2.47. The van der Waals surface area contributed by atoms with Crippen LogP contribution in [0.15, 0.2) is 46.4 Å². The number of likely N-dealkylation sites (tertiary alicyclic amines) is 1. The molecule has 6 heteroatoms. The number of unbranched alkanes of at least 4 members (excludes halogenated alkanes) is 1. The molecule has 0 aliphatic carbocycles. The summed E-state index contributed by atoms with van der Waals surface area (Å²) in [6.07, 6.45) is 1.63. The van der Waals surface area contributed by atoms with E-state index in [4.69, 9.17) is 9.15 Å². The number of amides is 1. The maximum atomic E-state index is 12.9. The Hall–Kier alpha value is -3.02. The van der Waals surface area contributed by atoms with Crippen LogP contribution in [0, 0.1) is 12.8 Å². The number of aryl methyl sites for hydroxylation is 1. The van der Waals surface area contributed by atoms with E-state index in [-0.39, 0.29) is 11.3 Å². The zero-order valence-corrected chi connectivity index (χ0v) is 18.0. The van der Waals surface area contributed by atoms with E-state index in [9.17, 15) is 14.7 Å². The average Bonchev–Trinajstić information content (AvgIpc) is 3.26. The number of furan rings is 1. The summed E-state index contributed by atoms with van der Waals surface area (Å²) in [5, 5.41) is 11.0. The second kappa shape index (κ2) is 9.20. The smallest absolute Gasteiger partial charge is 0.295 e. The van der Waals surface area contributed by atoms with Crippen LogP contribution in [0.25, 0.3) is 5.76 Å². The van der Waals surface area contributed by atoms with Crippen LogP contribution in [0.1, 0.15) is 56.7 Å².